The molecule has 0 radical (unpaired) electrons. The topological polar surface area (TPSA) is 87.9 Å². The van der Waals surface area contributed by atoms with Crippen LogP contribution in [0.25, 0.3) is 0 Å². The molecule has 1 aromatic rings. The monoisotopic (exact) mass is 408 g/mol. The van der Waals surface area contributed by atoms with Crippen molar-refractivity contribution >= 4 is 28.2 Å². The molecule has 0 aromatic carbocycles. The first-order valence-corrected chi connectivity index (χ1v) is 11.1. The molecule has 2 aliphatic rings. The Balaban J connectivity index is 1.36. The van der Waals surface area contributed by atoms with Crippen molar-refractivity contribution in [2.24, 2.45) is 11.7 Å². The number of hydrogen-bond donors (Lipinski definition) is 2. The minimum atomic E-state index is -0.511. The maximum Gasteiger partial charge on any atom is 0.251 e. The van der Waals surface area contributed by atoms with E-state index in [-0.39, 0.29) is 5.91 Å². The molecule has 1 aromatic heterocycles. The SMILES string of the molecule is CC1CN(CC2CCN(CCC(=O)Nc3sccc3C(N)=O)CC2)CC(C)O1. The van der Waals surface area contributed by atoms with Crippen molar-refractivity contribution in [2.75, 3.05) is 44.6 Å². The van der Waals surface area contributed by atoms with E-state index >= 15 is 0 Å². The van der Waals surface area contributed by atoms with Crippen LogP contribution in [0.2, 0.25) is 0 Å². The molecule has 3 rings (SSSR count). The molecular formula is C20H32N4O3S. The molecule has 156 valence electrons. The Morgan fingerprint density at radius 3 is 2.54 bits per heavy atom. The molecule has 0 aliphatic carbocycles. The van der Waals surface area contributed by atoms with Gasteiger partial charge in [0.05, 0.1) is 17.8 Å². The molecule has 2 unspecified atom stereocenters. The number of rotatable bonds is 7. The second-order valence-electron chi connectivity index (χ2n) is 8.09. The summed E-state index contributed by atoms with van der Waals surface area (Å²) in [6.07, 6.45) is 3.43. The van der Waals surface area contributed by atoms with Crippen LogP contribution in [0.3, 0.4) is 0 Å². The third-order valence-corrected chi connectivity index (χ3v) is 6.39. The van der Waals surface area contributed by atoms with Crippen LogP contribution in [-0.2, 0) is 9.53 Å². The highest BCUT2D eigenvalue weighted by molar-refractivity contribution is 7.14. The van der Waals surface area contributed by atoms with Gasteiger partial charge in [-0.15, -0.1) is 11.3 Å². The predicted octanol–water partition coefficient (Wildman–Crippen LogP) is 2.00. The van der Waals surface area contributed by atoms with Crippen LogP contribution in [0, 0.1) is 5.92 Å². The summed E-state index contributed by atoms with van der Waals surface area (Å²) in [5.74, 6) is 0.151. The lowest BCUT2D eigenvalue weighted by molar-refractivity contribution is -0.116. The molecule has 2 aliphatic heterocycles. The molecule has 2 atom stereocenters. The first kappa shape index (κ1) is 21.2. The fourth-order valence-electron chi connectivity index (χ4n) is 4.24. The summed E-state index contributed by atoms with van der Waals surface area (Å²) in [6, 6.07) is 1.64. The molecule has 2 amide bonds. The highest BCUT2D eigenvalue weighted by Gasteiger charge is 2.26. The maximum atomic E-state index is 12.2. The number of anilines is 1. The first-order chi connectivity index (χ1) is 13.4. The molecule has 0 saturated carbocycles. The van der Waals surface area contributed by atoms with Gasteiger partial charge in [0.1, 0.15) is 5.00 Å². The van der Waals surface area contributed by atoms with Crippen LogP contribution in [0.15, 0.2) is 11.4 Å². The van der Waals surface area contributed by atoms with Gasteiger partial charge in [-0.05, 0) is 57.1 Å². The van der Waals surface area contributed by atoms with Gasteiger partial charge in [-0.25, -0.2) is 0 Å². The number of morpholine rings is 1. The number of carbonyl (C=O) groups is 2. The average molecular weight is 409 g/mol. The number of nitrogens with two attached hydrogens (primary N) is 1. The molecule has 2 saturated heterocycles. The Labute approximate surface area is 171 Å². The van der Waals surface area contributed by atoms with E-state index in [4.69, 9.17) is 10.5 Å². The fraction of sp³-hybridized carbons (Fsp3) is 0.700. The van der Waals surface area contributed by atoms with E-state index in [2.05, 4.69) is 29.0 Å². The zero-order valence-corrected chi connectivity index (χ0v) is 17.7. The summed E-state index contributed by atoms with van der Waals surface area (Å²) >= 11 is 1.32. The van der Waals surface area contributed by atoms with Crippen molar-refractivity contribution in [3.8, 4) is 0 Å². The number of ether oxygens (including phenoxy) is 1. The fourth-order valence-corrected chi connectivity index (χ4v) is 5.05. The summed E-state index contributed by atoms with van der Waals surface area (Å²) in [5.41, 5.74) is 5.70. The largest absolute Gasteiger partial charge is 0.373 e. The van der Waals surface area contributed by atoms with Gasteiger partial charge in [-0.3, -0.25) is 14.5 Å². The van der Waals surface area contributed by atoms with E-state index in [1.54, 1.807) is 11.4 Å². The number of nitrogens with one attached hydrogen (secondary N) is 1. The normalized spacial score (nSPS) is 24.9. The smallest absolute Gasteiger partial charge is 0.251 e. The summed E-state index contributed by atoms with van der Waals surface area (Å²) < 4.78 is 5.82. The quantitative estimate of drug-likeness (QED) is 0.720. The van der Waals surface area contributed by atoms with Crippen molar-refractivity contribution in [2.45, 2.75) is 45.3 Å². The zero-order chi connectivity index (χ0) is 20.1. The Morgan fingerprint density at radius 2 is 1.89 bits per heavy atom. The van der Waals surface area contributed by atoms with Gasteiger partial charge in [-0.2, -0.15) is 0 Å². The van der Waals surface area contributed by atoms with E-state index in [9.17, 15) is 9.59 Å². The van der Waals surface area contributed by atoms with Crippen LogP contribution in [0.4, 0.5) is 5.00 Å². The molecular weight excluding hydrogens is 376 g/mol. The second-order valence-corrected chi connectivity index (χ2v) is 9.00. The summed E-state index contributed by atoms with van der Waals surface area (Å²) in [7, 11) is 0. The predicted molar refractivity (Wildman–Crippen MR) is 112 cm³/mol. The van der Waals surface area contributed by atoms with Crippen molar-refractivity contribution in [3.05, 3.63) is 17.0 Å². The van der Waals surface area contributed by atoms with E-state index < -0.39 is 5.91 Å². The maximum absolute atomic E-state index is 12.2. The third kappa shape index (κ3) is 6.01. The zero-order valence-electron chi connectivity index (χ0n) is 16.9. The molecule has 0 bridgehead atoms. The molecule has 28 heavy (non-hydrogen) atoms. The Morgan fingerprint density at radius 1 is 1.21 bits per heavy atom. The highest BCUT2D eigenvalue weighted by atomic mass is 32.1. The third-order valence-electron chi connectivity index (χ3n) is 5.56. The van der Waals surface area contributed by atoms with E-state index in [1.807, 2.05) is 0 Å². The Bertz CT molecular complexity index is 662. The van der Waals surface area contributed by atoms with Gasteiger partial charge in [0, 0.05) is 32.6 Å². The van der Waals surface area contributed by atoms with Crippen molar-refractivity contribution in [3.63, 3.8) is 0 Å². The van der Waals surface area contributed by atoms with Crippen molar-refractivity contribution < 1.29 is 14.3 Å². The number of nitrogens with zero attached hydrogens (tertiary/aromatic N) is 2. The van der Waals surface area contributed by atoms with E-state index in [1.165, 1.54) is 24.2 Å². The number of primary amides is 1. The van der Waals surface area contributed by atoms with Gasteiger partial charge in [0.15, 0.2) is 0 Å². The van der Waals surface area contributed by atoms with Gasteiger partial charge in [0.25, 0.3) is 5.91 Å². The standard InChI is InChI=1S/C20H32N4O3S/c1-14-11-24(12-15(2)27-14)13-16-3-7-23(8-4-16)9-5-18(25)22-20-17(19(21)26)6-10-28-20/h6,10,14-16H,3-5,7-9,11-13H2,1-2H3,(H2,21,26)(H,22,25). The number of thiophene rings is 1. The van der Waals surface area contributed by atoms with Crippen LogP contribution >= 0.6 is 11.3 Å². The molecule has 8 heteroatoms. The number of carbonyl (C=O) groups excluding carboxylic acids is 2. The minimum Gasteiger partial charge on any atom is -0.373 e. The van der Waals surface area contributed by atoms with Crippen LogP contribution in [-0.4, -0.2) is 73.1 Å². The Kier molecular flexibility index (Phi) is 7.45. The van der Waals surface area contributed by atoms with Gasteiger partial charge < -0.3 is 20.7 Å². The van der Waals surface area contributed by atoms with Crippen LogP contribution in [0.1, 0.15) is 43.5 Å². The van der Waals surface area contributed by atoms with Gasteiger partial charge in [-0.1, -0.05) is 0 Å². The van der Waals surface area contributed by atoms with Gasteiger partial charge >= 0.3 is 0 Å². The lowest BCUT2D eigenvalue weighted by atomic mass is 9.95. The lowest BCUT2D eigenvalue weighted by Gasteiger charge is -2.39. The highest BCUT2D eigenvalue weighted by Crippen LogP contribution is 2.23. The summed E-state index contributed by atoms with van der Waals surface area (Å²) in [4.78, 5) is 28.5. The molecule has 3 N–H and O–H groups in total. The molecule has 3 heterocycles. The number of amides is 2. The van der Waals surface area contributed by atoms with E-state index in [0.29, 0.717) is 29.2 Å². The first-order valence-electron chi connectivity index (χ1n) is 10.2. The minimum absolute atomic E-state index is 0.0663. The number of hydrogen-bond acceptors (Lipinski definition) is 6. The van der Waals surface area contributed by atoms with Crippen LogP contribution < -0.4 is 11.1 Å². The van der Waals surface area contributed by atoms with Gasteiger partial charge in [0.2, 0.25) is 5.91 Å². The van der Waals surface area contributed by atoms with Crippen molar-refractivity contribution in [1.82, 2.24) is 9.80 Å². The summed E-state index contributed by atoms with van der Waals surface area (Å²) in [6.45, 7) is 10.3. The number of piperidine rings is 1. The lowest BCUT2D eigenvalue weighted by Crippen LogP contribution is -2.48. The number of likely N-dealkylation sites (tertiary alicyclic amines) is 1. The average Bonchev–Trinajstić information content (AvgIpc) is 3.08. The molecule has 0 spiro atoms. The molecule has 2 fully saturated rings. The summed E-state index contributed by atoms with van der Waals surface area (Å²) in [5, 5.41) is 5.12. The van der Waals surface area contributed by atoms with E-state index in [0.717, 1.165) is 45.2 Å². The van der Waals surface area contributed by atoms with Crippen molar-refractivity contribution in [1.29, 1.82) is 0 Å². The Hall–Kier alpha value is -1.48. The second kappa shape index (κ2) is 9.82. The van der Waals surface area contributed by atoms with Crippen LogP contribution in [0.5, 0.6) is 0 Å². The molecule has 7 nitrogen and oxygen atoms in total.